The van der Waals surface area contributed by atoms with Crippen LogP contribution in [-0.4, -0.2) is 62.3 Å². The zero-order valence-corrected chi connectivity index (χ0v) is 15.6. The zero-order valence-electron chi connectivity index (χ0n) is 14.9. The number of nitrogens with zero attached hydrogens (tertiary/aromatic N) is 2. The van der Waals surface area contributed by atoms with Crippen LogP contribution < -0.4 is 4.74 Å². The Morgan fingerprint density at radius 2 is 2.00 bits per heavy atom. The molecule has 1 saturated heterocycles. The van der Waals surface area contributed by atoms with E-state index in [9.17, 15) is 4.79 Å². The van der Waals surface area contributed by atoms with Gasteiger partial charge in [-0.3, -0.25) is 4.90 Å². The van der Waals surface area contributed by atoms with E-state index in [1.54, 1.807) is 12.0 Å². The number of carbonyl (C=O) groups is 1. The molecule has 1 aromatic rings. The molecule has 0 aromatic heterocycles. The minimum absolute atomic E-state index is 0.211. The van der Waals surface area contributed by atoms with Gasteiger partial charge in [-0.05, 0) is 37.5 Å². The van der Waals surface area contributed by atoms with Crippen LogP contribution in [0.5, 0.6) is 5.75 Å². The highest BCUT2D eigenvalue weighted by molar-refractivity contribution is 6.32. The van der Waals surface area contributed by atoms with E-state index < -0.39 is 0 Å². The number of ether oxygens (including phenoxy) is 2. The van der Waals surface area contributed by atoms with Gasteiger partial charge in [0.25, 0.3) is 0 Å². The van der Waals surface area contributed by atoms with E-state index in [0.29, 0.717) is 19.7 Å². The Morgan fingerprint density at radius 1 is 1.24 bits per heavy atom. The third-order valence-electron chi connectivity index (χ3n) is 4.84. The van der Waals surface area contributed by atoms with Gasteiger partial charge >= 0.3 is 6.09 Å². The molecule has 1 amide bonds. The predicted octanol–water partition coefficient (Wildman–Crippen LogP) is 3.45. The number of methoxy groups -OCH3 is 1. The van der Waals surface area contributed by atoms with Crippen LogP contribution in [0.15, 0.2) is 18.2 Å². The Kier molecular flexibility index (Phi) is 5.86. The molecule has 0 radical (unpaired) electrons. The molecule has 1 aliphatic carbocycles. The molecule has 1 aliphatic heterocycles. The molecule has 6 heteroatoms. The highest BCUT2D eigenvalue weighted by atomic mass is 35.5. The summed E-state index contributed by atoms with van der Waals surface area (Å²) in [7, 11) is 1.70. The van der Waals surface area contributed by atoms with Gasteiger partial charge in [0.05, 0.1) is 13.7 Å². The number of piperazine rings is 1. The molecule has 2 aliphatic rings. The number of allylic oxidation sites excluding steroid dienone is 1. The first-order valence-corrected chi connectivity index (χ1v) is 9.20. The zero-order chi connectivity index (χ0) is 17.8. The lowest BCUT2D eigenvalue weighted by Crippen LogP contribution is -2.49. The summed E-state index contributed by atoms with van der Waals surface area (Å²) >= 11 is 6.50. The van der Waals surface area contributed by atoms with E-state index in [-0.39, 0.29) is 6.09 Å². The van der Waals surface area contributed by atoms with Crippen molar-refractivity contribution in [3.63, 3.8) is 0 Å². The second kappa shape index (κ2) is 8.11. The van der Waals surface area contributed by atoms with Crippen molar-refractivity contribution in [2.45, 2.75) is 19.8 Å². The number of amides is 1. The average Bonchev–Trinajstić information content (AvgIpc) is 2.63. The maximum Gasteiger partial charge on any atom is 0.409 e. The van der Waals surface area contributed by atoms with Gasteiger partial charge in [0.15, 0.2) is 0 Å². The van der Waals surface area contributed by atoms with Gasteiger partial charge in [-0.15, -0.1) is 0 Å². The van der Waals surface area contributed by atoms with Crippen LogP contribution in [0.4, 0.5) is 4.79 Å². The van der Waals surface area contributed by atoms with Crippen LogP contribution in [0.3, 0.4) is 0 Å². The Morgan fingerprint density at radius 3 is 2.68 bits per heavy atom. The maximum absolute atomic E-state index is 11.8. The summed E-state index contributed by atoms with van der Waals surface area (Å²) in [6, 6.07) is 3.86. The molecule has 3 rings (SSSR count). The van der Waals surface area contributed by atoms with Crippen molar-refractivity contribution in [1.82, 2.24) is 9.80 Å². The largest absolute Gasteiger partial charge is 0.496 e. The van der Waals surface area contributed by atoms with E-state index in [2.05, 4.69) is 11.0 Å². The van der Waals surface area contributed by atoms with Gasteiger partial charge in [-0.1, -0.05) is 17.7 Å². The van der Waals surface area contributed by atoms with Gasteiger partial charge in [-0.2, -0.15) is 0 Å². The van der Waals surface area contributed by atoms with Crippen LogP contribution in [0, 0.1) is 0 Å². The van der Waals surface area contributed by atoms with Gasteiger partial charge in [0.2, 0.25) is 0 Å². The Bertz CT molecular complexity index is 667. The molecule has 25 heavy (non-hydrogen) atoms. The van der Waals surface area contributed by atoms with Crippen molar-refractivity contribution in [2.75, 3.05) is 46.4 Å². The fourth-order valence-electron chi connectivity index (χ4n) is 3.57. The van der Waals surface area contributed by atoms with E-state index >= 15 is 0 Å². The molecule has 0 atom stereocenters. The lowest BCUT2D eigenvalue weighted by molar-refractivity contribution is 0.0829. The molecule has 0 saturated carbocycles. The second-order valence-corrected chi connectivity index (χ2v) is 6.74. The van der Waals surface area contributed by atoms with E-state index in [4.69, 9.17) is 21.1 Å². The molecule has 0 N–H and O–H groups in total. The maximum atomic E-state index is 11.8. The Labute approximate surface area is 154 Å². The number of carbonyl (C=O) groups excluding carboxylic acids is 1. The molecule has 1 aromatic carbocycles. The first-order chi connectivity index (χ1) is 12.1. The summed E-state index contributed by atoms with van der Waals surface area (Å²) in [6.45, 7) is 6.18. The van der Waals surface area contributed by atoms with E-state index in [1.165, 1.54) is 11.1 Å². The first-order valence-electron chi connectivity index (χ1n) is 8.82. The summed E-state index contributed by atoms with van der Waals surface area (Å²) in [5.74, 6) is 0.914. The van der Waals surface area contributed by atoms with Crippen LogP contribution in [0.1, 0.15) is 24.5 Å². The first kappa shape index (κ1) is 18.1. The summed E-state index contributed by atoms with van der Waals surface area (Å²) < 4.78 is 10.6. The molecule has 0 unspecified atom stereocenters. The summed E-state index contributed by atoms with van der Waals surface area (Å²) in [4.78, 5) is 16.0. The summed E-state index contributed by atoms with van der Waals surface area (Å²) in [5, 5.41) is 0.784. The van der Waals surface area contributed by atoms with E-state index in [0.717, 1.165) is 48.8 Å². The van der Waals surface area contributed by atoms with Gasteiger partial charge in [0, 0.05) is 48.9 Å². The van der Waals surface area contributed by atoms with E-state index in [1.807, 2.05) is 19.1 Å². The quantitative estimate of drug-likeness (QED) is 0.820. The molecule has 1 fully saturated rings. The molecule has 0 spiro atoms. The molecular formula is C19H25ClN2O3. The lowest BCUT2D eigenvalue weighted by atomic mass is 9.89. The number of fused-ring (bicyclic) bond motifs is 1. The number of benzene rings is 1. The van der Waals surface area contributed by atoms with Gasteiger partial charge < -0.3 is 14.4 Å². The smallest absolute Gasteiger partial charge is 0.409 e. The number of hydrogen-bond donors (Lipinski definition) is 0. The monoisotopic (exact) mass is 364 g/mol. The Hall–Kier alpha value is -1.72. The van der Waals surface area contributed by atoms with Crippen LogP contribution in [0.25, 0.3) is 5.57 Å². The second-order valence-electron chi connectivity index (χ2n) is 6.33. The normalized spacial score (nSPS) is 17.7. The van der Waals surface area contributed by atoms with Gasteiger partial charge in [0.1, 0.15) is 5.75 Å². The van der Waals surface area contributed by atoms with Crippen LogP contribution in [0.2, 0.25) is 5.02 Å². The summed E-state index contributed by atoms with van der Waals surface area (Å²) in [6.07, 6.45) is 4.03. The van der Waals surface area contributed by atoms with Crippen molar-refractivity contribution in [3.05, 3.63) is 34.4 Å². The van der Waals surface area contributed by atoms with Gasteiger partial charge in [-0.25, -0.2) is 4.79 Å². The summed E-state index contributed by atoms with van der Waals surface area (Å²) in [5.41, 5.74) is 3.59. The lowest BCUT2D eigenvalue weighted by Gasteiger charge is -2.35. The average molecular weight is 365 g/mol. The minimum Gasteiger partial charge on any atom is -0.496 e. The number of hydrogen-bond acceptors (Lipinski definition) is 4. The SMILES string of the molecule is CCOC(=O)N1CCN(CC2=CCCc3c(OC)ccc(Cl)c32)CC1. The fraction of sp³-hybridized carbons (Fsp3) is 0.526. The van der Waals surface area contributed by atoms with Crippen molar-refractivity contribution in [2.24, 2.45) is 0 Å². The molecule has 1 heterocycles. The molecule has 0 bridgehead atoms. The third kappa shape index (κ3) is 3.93. The third-order valence-corrected chi connectivity index (χ3v) is 5.15. The minimum atomic E-state index is -0.211. The van der Waals surface area contributed by atoms with Crippen molar-refractivity contribution >= 4 is 23.3 Å². The van der Waals surface area contributed by atoms with Crippen LogP contribution >= 0.6 is 11.6 Å². The molecular weight excluding hydrogens is 340 g/mol. The topological polar surface area (TPSA) is 42.0 Å². The van der Waals surface area contributed by atoms with Crippen molar-refractivity contribution in [1.29, 1.82) is 0 Å². The Balaban J connectivity index is 1.68. The fourth-order valence-corrected chi connectivity index (χ4v) is 3.87. The molecule has 5 nitrogen and oxygen atoms in total. The number of rotatable bonds is 4. The number of halogens is 1. The van der Waals surface area contributed by atoms with Crippen LogP contribution in [-0.2, 0) is 11.2 Å². The van der Waals surface area contributed by atoms with Crippen molar-refractivity contribution in [3.8, 4) is 5.75 Å². The highest BCUT2D eigenvalue weighted by Crippen LogP contribution is 2.38. The molecule has 136 valence electrons. The predicted molar refractivity (Wildman–Crippen MR) is 99.3 cm³/mol. The highest BCUT2D eigenvalue weighted by Gasteiger charge is 2.25. The van der Waals surface area contributed by atoms with Crippen molar-refractivity contribution < 1.29 is 14.3 Å². The standard InChI is InChI=1S/C19H25ClN2O3/c1-3-25-19(23)22-11-9-21(10-12-22)13-14-5-4-6-15-17(24-2)8-7-16(20)18(14)15/h5,7-8H,3-4,6,9-13H2,1-2H3.